The van der Waals surface area contributed by atoms with Crippen LogP contribution < -0.4 is 14.2 Å². The van der Waals surface area contributed by atoms with Gasteiger partial charge in [-0.25, -0.2) is 8.42 Å². The molecule has 2 aliphatic heterocycles. The second-order valence-corrected chi connectivity index (χ2v) is 12.7. The van der Waals surface area contributed by atoms with E-state index in [1.54, 1.807) is 37.1 Å². The second kappa shape index (κ2) is 12.5. The summed E-state index contributed by atoms with van der Waals surface area (Å²) in [6, 6.07) is 8.03. The minimum absolute atomic E-state index is 0.0502. The average Bonchev–Trinajstić information content (AvgIpc) is 2.95. The molecule has 4 rings (SSSR count). The largest absolute Gasteiger partial charge is 0.493 e. The fraction of sp³-hybridized carbons (Fsp3) is 0.519. The number of sulfonamides is 1. The third kappa shape index (κ3) is 6.57. The molecule has 2 bridgehead atoms. The van der Waals surface area contributed by atoms with Crippen molar-refractivity contribution in [3.05, 3.63) is 46.4 Å². The van der Waals surface area contributed by atoms with Gasteiger partial charge in [0.05, 0.1) is 31.8 Å². The Labute approximate surface area is 239 Å². The standard InChI is InChI=1S/C27H34Cl2N2O7S/c1-17(32)11-18-16-30(9-10-38-21-7-8-25(36-2)26(15-21)37-3)27(33)24-6-4-5-23(18)31(24)39(34,35)22-13-19(28)12-20(29)14-22/h7-8,12-15,17-18,23-24,32H,4-6,9-11,16H2,1-3H3/t17-,18-,23-,24?/m0/s1. The Balaban J connectivity index is 1.61. The monoisotopic (exact) mass is 600 g/mol. The Bertz CT molecular complexity index is 1270. The summed E-state index contributed by atoms with van der Waals surface area (Å²) in [5, 5.41) is 10.7. The van der Waals surface area contributed by atoms with Crippen LogP contribution in [0.1, 0.15) is 32.6 Å². The van der Waals surface area contributed by atoms with Gasteiger partial charge in [0.1, 0.15) is 18.4 Å². The molecule has 2 heterocycles. The summed E-state index contributed by atoms with van der Waals surface area (Å²) in [6.07, 6.45) is 1.37. The molecule has 4 atom stereocenters. The van der Waals surface area contributed by atoms with Crippen molar-refractivity contribution in [2.75, 3.05) is 33.9 Å². The van der Waals surface area contributed by atoms with Gasteiger partial charge in [0.25, 0.3) is 0 Å². The van der Waals surface area contributed by atoms with Gasteiger partial charge in [-0.05, 0) is 68.9 Å². The van der Waals surface area contributed by atoms with Crippen LogP contribution in [-0.2, 0) is 14.8 Å². The van der Waals surface area contributed by atoms with Crippen LogP contribution in [0.25, 0.3) is 0 Å². The van der Waals surface area contributed by atoms with Crippen molar-refractivity contribution < 1.29 is 32.5 Å². The molecule has 214 valence electrons. The number of piperidine rings is 1. The number of hydrogen-bond acceptors (Lipinski definition) is 7. The van der Waals surface area contributed by atoms with E-state index in [0.29, 0.717) is 49.5 Å². The highest BCUT2D eigenvalue weighted by atomic mass is 35.5. The fourth-order valence-electron chi connectivity index (χ4n) is 5.58. The van der Waals surface area contributed by atoms with Crippen molar-refractivity contribution in [2.45, 2.75) is 55.7 Å². The first-order valence-corrected chi connectivity index (χ1v) is 15.1. The quantitative estimate of drug-likeness (QED) is 0.435. The van der Waals surface area contributed by atoms with E-state index in [1.165, 1.54) is 29.6 Å². The number of fused-ring (bicyclic) bond motifs is 2. The van der Waals surface area contributed by atoms with Crippen LogP contribution in [0.15, 0.2) is 41.3 Å². The lowest BCUT2D eigenvalue weighted by Gasteiger charge is -2.41. The van der Waals surface area contributed by atoms with Crippen molar-refractivity contribution in [3.63, 3.8) is 0 Å². The summed E-state index contributed by atoms with van der Waals surface area (Å²) in [5.41, 5.74) is 0. The van der Waals surface area contributed by atoms with E-state index in [2.05, 4.69) is 0 Å². The lowest BCUT2D eigenvalue weighted by molar-refractivity contribution is -0.135. The molecule has 0 aliphatic carbocycles. The van der Waals surface area contributed by atoms with Crippen LogP contribution in [-0.4, -0.2) is 80.7 Å². The van der Waals surface area contributed by atoms with E-state index in [-0.39, 0.29) is 39.9 Å². The topological polar surface area (TPSA) is 106 Å². The summed E-state index contributed by atoms with van der Waals surface area (Å²) < 4.78 is 45.8. The number of carbonyl (C=O) groups is 1. The third-order valence-electron chi connectivity index (χ3n) is 7.25. The Morgan fingerprint density at radius 1 is 1.05 bits per heavy atom. The van der Waals surface area contributed by atoms with Crippen molar-refractivity contribution >= 4 is 39.1 Å². The molecule has 1 N–H and O–H groups in total. The molecule has 2 fully saturated rings. The number of carbonyl (C=O) groups excluding carboxylic acids is 1. The molecule has 0 saturated carbocycles. The minimum atomic E-state index is -4.11. The third-order valence-corrected chi connectivity index (χ3v) is 9.60. The Hall–Kier alpha value is -2.24. The molecule has 1 amide bonds. The van der Waals surface area contributed by atoms with Crippen LogP contribution in [0, 0.1) is 5.92 Å². The van der Waals surface area contributed by atoms with Crippen LogP contribution in [0.3, 0.4) is 0 Å². The van der Waals surface area contributed by atoms with Gasteiger partial charge in [-0.15, -0.1) is 0 Å². The first-order valence-electron chi connectivity index (χ1n) is 12.9. The zero-order valence-electron chi connectivity index (χ0n) is 22.2. The Kier molecular flexibility index (Phi) is 9.54. The molecule has 39 heavy (non-hydrogen) atoms. The molecule has 2 aromatic carbocycles. The van der Waals surface area contributed by atoms with E-state index < -0.39 is 28.2 Å². The van der Waals surface area contributed by atoms with E-state index in [0.717, 1.165) is 0 Å². The summed E-state index contributed by atoms with van der Waals surface area (Å²) >= 11 is 12.3. The van der Waals surface area contributed by atoms with Gasteiger partial charge in [-0.2, -0.15) is 4.31 Å². The van der Waals surface area contributed by atoms with Crippen LogP contribution in [0.4, 0.5) is 0 Å². The smallest absolute Gasteiger partial charge is 0.244 e. The molecule has 2 aromatic rings. The SMILES string of the molecule is COc1ccc(OCCN2C[C@H](C[C@H](C)O)[C@@H]3CCCC(C2=O)N3S(=O)(=O)c2cc(Cl)cc(Cl)c2)cc1OC. The summed E-state index contributed by atoms with van der Waals surface area (Å²) in [7, 11) is -1.03. The second-order valence-electron chi connectivity index (χ2n) is 9.95. The average molecular weight is 602 g/mol. The molecule has 0 spiro atoms. The number of amides is 1. The molecular weight excluding hydrogens is 567 g/mol. The molecule has 9 nitrogen and oxygen atoms in total. The molecule has 0 aromatic heterocycles. The van der Waals surface area contributed by atoms with Crippen molar-refractivity contribution in [3.8, 4) is 17.2 Å². The molecular formula is C27H34Cl2N2O7S. The maximum atomic E-state index is 14.0. The number of hydrogen-bond donors (Lipinski definition) is 1. The lowest BCUT2D eigenvalue weighted by atomic mass is 9.87. The van der Waals surface area contributed by atoms with Gasteiger partial charge in [-0.3, -0.25) is 4.79 Å². The normalized spacial score (nSPS) is 22.8. The highest BCUT2D eigenvalue weighted by molar-refractivity contribution is 7.89. The number of aliphatic hydroxyl groups is 1. The summed E-state index contributed by atoms with van der Waals surface area (Å²) in [6.45, 7) is 2.43. The van der Waals surface area contributed by atoms with Crippen LogP contribution >= 0.6 is 23.2 Å². The van der Waals surface area contributed by atoms with Gasteiger partial charge in [-0.1, -0.05) is 23.2 Å². The molecule has 0 radical (unpaired) electrons. The number of nitrogens with zero attached hydrogens (tertiary/aromatic N) is 2. The number of aliphatic hydroxyl groups excluding tert-OH is 1. The van der Waals surface area contributed by atoms with E-state index >= 15 is 0 Å². The first kappa shape index (κ1) is 29.7. The summed E-state index contributed by atoms with van der Waals surface area (Å²) in [4.78, 5) is 15.5. The van der Waals surface area contributed by atoms with E-state index in [4.69, 9.17) is 37.4 Å². The predicted molar refractivity (Wildman–Crippen MR) is 148 cm³/mol. The number of ether oxygens (including phenoxy) is 3. The fourth-order valence-corrected chi connectivity index (χ4v) is 8.20. The van der Waals surface area contributed by atoms with Crippen molar-refractivity contribution in [1.82, 2.24) is 9.21 Å². The first-order chi connectivity index (χ1) is 18.5. The van der Waals surface area contributed by atoms with Crippen molar-refractivity contribution in [1.29, 1.82) is 0 Å². The zero-order valence-corrected chi connectivity index (χ0v) is 24.5. The van der Waals surface area contributed by atoms with Crippen LogP contribution in [0.2, 0.25) is 10.0 Å². The maximum Gasteiger partial charge on any atom is 0.244 e. The number of methoxy groups -OCH3 is 2. The highest BCUT2D eigenvalue weighted by Gasteiger charge is 2.50. The lowest BCUT2D eigenvalue weighted by Crippen LogP contribution is -2.55. The van der Waals surface area contributed by atoms with Crippen molar-refractivity contribution in [2.24, 2.45) is 5.92 Å². The summed E-state index contributed by atoms with van der Waals surface area (Å²) in [5.74, 6) is 1.10. The maximum absolute atomic E-state index is 14.0. The van der Waals surface area contributed by atoms with Gasteiger partial charge in [0.2, 0.25) is 15.9 Å². The molecule has 2 aliphatic rings. The highest BCUT2D eigenvalue weighted by Crippen LogP contribution is 2.39. The molecule has 1 unspecified atom stereocenters. The minimum Gasteiger partial charge on any atom is -0.493 e. The Morgan fingerprint density at radius 3 is 2.38 bits per heavy atom. The van der Waals surface area contributed by atoms with Gasteiger partial charge in [0, 0.05) is 28.7 Å². The van der Waals surface area contributed by atoms with Crippen LogP contribution in [0.5, 0.6) is 17.2 Å². The molecule has 2 saturated heterocycles. The number of halogens is 2. The van der Waals surface area contributed by atoms with Gasteiger partial charge < -0.3 is 24.2 Å². The van der Waals surface area contributed by atoms with E-state index in [1.807, 2.05) is 0 Å². The molecule has 12 heteroatoms. The zero-order chi connectivity index (χ0) is 28.3. The number of rotatable bonds is 10. The Morgan fingerprint density at radius 2 is 1.74 bits per heavy atom. The number of benzene rings is 2. The van der Waals surface area contributed by atoms with Gasteiger partial charge in [0.15, 0.2) is 11.5 Å². The van der Waals surface area contributed by atoms with Gasteiger partial charge >= 0.3 is 0 Å². The predicted octanol–water partition coefficient (Wildman–Crippen LogP) is 4.23. The van der Waals surface area contributed by atoms with E-state index in [9.17, 15) is 18.3 Å².